The van der Waals surface area contributed by atoms with E-state index in [1.165, 1.54) is 0 Å². The molecular formula is C17H29N5O4. The van der Waals surface area contributed by atoms with E-state index < -0.39 is 23.4 Å². The molecule has 2 aliphatic heterocycles. The first-order valence-electron chi connectivity index (χ1n) is 9.15. The van der Waals surface area contributed by atoms with Crippen LogP contribution in [0.2, 0.25) is 0 Å². The Morgan fingerprint density at radius 1 is 1.27 bits per heavy atom. The number of carbonyl (C=O) groups excluding carboxylic acids is 4. The van der Waals surface area contributed by atoms with Crippen molar-refractivity contribution in [1.29, 1.82) is 0 Å². The molecule has 0 aromatic rings. The number of rotatable bonds is 6. The maximum absolute atomic E-state index is 12.3. The van der Waals surface area contributed by atoms with E-state index in [1.54, 1.807) is 13.8 Å². The van der Waals surface area contributed by atoms with Crippen molar-refractivity contribution >= 4 is 23.8 Å². The van der Waals surface area contributed by atoms with Gasteiger partial charge in [0.15, 0.2) is 0 Å². The molecule has 5 amide bonds. The summed E-state index contributed by atoms with van der Waals surface area (Å²) in [6, 6.07) is -0.499. The summed E-state index contributed by atoms with van der Waals surface area (Å²) >= 11 is 0. The number of piperidine rings is 1. The van der Waals surface area contributed by atoms with Crippen LogP contribution in [0.5, 0.6) is 0 Å². The zero-order valence-electron chi connectivity index (χ0n) is 15.9. The lowest BCUT2D eigenvalue weighted by Gasteiger charge is -2.31. The van der Waals surface area contributed by atoms with Crippen molar-refractivity contribution in [2.45, 2.75) is 58.5 Å². The molecule has 2 rings (SSSR count). The zero-order chi connectivity index (χ0) is 19.5. The highest BCUT2D eigenvalue weighted by Crippen LogP contribution is 2.20. The number of carbonyl (C=O) groups is 4. The number of hydrazine groups is 1. The summed E-state index contributed by atoms with van der Waals surface area (Å²) in [6.45, 7) is 8.61. The third-order valence-corrected chi connectivity index (χ3v) is 4.96. The highest BCUT2D eigenvalue weighted by molar-refractivity contribution is 6.07. The van der Waals surface area contributed by atoms with E-state index in [1.807, 2.05) is 18.7 Å². The van der Waals surface area contributed by atoms with Gasteiger partial charge in [0, 0.05) is 12.0 Å². The van der Waals surface area contributed by atoms with E-state index in [0.29, 0.717) is 32.4 Å². The highest BCUT2D eigenvalue weighted by atomic mass is 16.2. The van der Waals surface area contributed by atoms with Gasteiger partial charge in [-0.25, -0.2) is 4.79 Å². The van der Waals surface area contributed by atoms with Crippen LogP contribution in [0.4, 0.5) is 4.79 Å². The van der Waals surface area contributed by atoms with Crippen LogP contribution in [-0.2, 0) is 14.4 Å². The van der Waals surface area contributed by atoms with E-state index in [4.69, 9.17) is 0 Å². The topological polar surface area (TPSA) is 111 Å². The molecule has 3 N–H and O–H groups in total. The maximum atomic E-state index is 12.3. The van der Waals surface area contributed by atoms with Crippen LogP contribution in [0, 0.1) is 5.92 Å². The second-order valence-corrected chi connectivity index (χ2v) is 7.51. The number of urea groups is 1. The molecular weight excluding hydrogens is 338 g/mol. The number of likely N-dealkylation sites (tertiary alicyclic amines) is 1. The molecule has 2 aliphatic rings. The van der Waals surface area contributed by atoms with Gasteiger partial charge in [-0.2, -0.15) is 5.01 Å². The second-order valence-electron chi connectivity index (χ2n) is 7.51. The molecule has 146 valence electrons. The van der Waals surface area contributed by atoms with Gasteiger partial charge in [-0.15, -0.1) is 0 Å². The molecule has 26 heavy (non-hydrogen) atoms. The van der Waals surface area contributed by atoms with Crippen molar-refractivity contribution in [3.63, 3.8) is 0 Å². The third kappa shape index (κ3) is 4.51. The summed E-state index contributed by atoms with van der Waals surface area (Å²) in [6.07, 6.45) is 1.81. The predicted octanol–water partition coefficient (Wildman–Crippen LogP) is -0.0253. The normalized spacial score (nSPS) is 24.7. The van der Waals surface area contributed by atoms with Crippen molar-refractivity contribution in [2.24, 2.45) is 5.92 Å². The molecule has 0 radical (unpaired) electrons. The van der Waals surface area contributed by atoms with Crippen molar-refractivity contribution in [1.82, 2.24) is 26.0 Å². The first-order valence-corrected chi connectivity index (χ1v) is 9.15. The molecule has 0 saturated carbocycles. The Hall–Kier alpha value is -2.16. The zero-order valence-corrected chi connectivity index (χ0v) is 15.9. The van der Waals surface area contributed by atoms with Gasteiger partial charge in [-0.05, 0) is 53.1 Å². The monoisotopic (exact) mass is 367 g/mol. The van der Waals surface area contributed by atoms with Crippen LogP contribution in [0.3, 0.4) is 0 Å². The Morgan fingerprint density at radius 2 is 1.88 bits per heavy atom. The summed E-state index contributed by atoms with van der Waals surface area (Å²) < 4.78 is 0. The smallest absolute Gasteiger partial charge is 0.344 e. The molecule has 0 bridgehead atoms. The molecule has 0 spiro atoms. The second kappa shape index (κ2) is 8.03. The van der Waals surface area contributed by atoms with Crippen LogP contribution in [0.25, 0.3) is 0 Å². The van der Waals surface area contributed by atoms with Crippen LogP contribution in [0.1, 0.15) is 47.0 Å². The molecule has 9 heteroatoms. The van der Waals surface area contributed by atoms with E-state index in [-0.39, 0.29) is 24.4 Å². The van der Waals surface area contributed by atoms with Crippen molar-refractivity contribution in [3.05, 3.63) is 0 Å². The number of nitrogens with one attached hydrogen (secondary N) is 3. The lowest BCUT2D eigenvalue weighted by Crippen LogP contribution is -2.52. The number of nitrogens with zero attached hydrogens (tertiary/aromatic N) is 2. The van der Waals surface area contributed by atoms with Crippen molar-refractivity contribution < 1.29 is 19.2 Å². The van der Waals surface area contributed by atoms with Gasteiger partial charge in [0.2, 0.25) is 5.91 Å². The van der Waals surface area contributed by atoms with Crippen LogP contribution < -0.4 is 16.1 Å². The minimum Gasteiger partial charge on any atom is -0.354 e. The molecule has 2 heterocycles. The van der Waals surface area contributed by atoms with Gasteiger partial charge in [0.1, 0.15) is 5.54 Å². The Bertz CT molecular complexity index is 586. The van der Waals surface area contributed by atoms with E-state index in [9.17, 15) is 19.2 Å². The molecule has 9 nitrogen and oxygen atoms in total. The molecule has 0 aromatic carbocycles. The van der Waals surface area contributed by atoms with Gasteiger partial charge in [0.25, 0.3) is 11.8 Å². The fourth-order valence-electron chi connectivity index (χ4n) is 3.14. The standard InChI is InChI=1S/C17H29N5O4/c1-5-17(4)15(25)22(16(26)19-17)20-13(23)10-21-8-6-12(7-9-21)14(24)18-11(2)3/h11-12H,5-10H2,1-4H3,(H,18,24)(H,19,26)(H,20,23). The summed E-state index contributed by atoms with van der Waals surface area (Å²) in [4.78, 5) is 50.4. The Balaban J connectivity index is 1.80. The predicted molar refractivity (Wildman–Crippen MR) is 94.7 cm³/mol. The summed E-state index contributed by atoms with van der Waals surface area (Å²) in [5.41, 5.74) is 1.41. The first kappa shape index (κ1) is 20.2. The lowest BCUT2D eigenvalue weighted by molar-refractivity contribution is -0.139. The summed E-state index contributed by atoms with van der Waals surface area (Å²) in [5, 5.41) is 6.26. The van der Waals surface area contributed by atoms with Gasteiger partial charge >= 0.3 is 6.03 Å². The van der Waals surface area contributed by atoms with E-state index in [2.05, 4.69) is 16.1 Å². The molecule has 1 atom stereocenters. The average molecular weight is 367 g/mol. The third-order valence-electron chi connectivity index (χ3n) is 4.96. The van der Waals surface area contributed by atoms with Crippen molar-refractivity contribution in [2.75, 3.05) is 19.6 Å². The SMILES string of the molecule is CCC1(C)NC(=O)N(NC(=O)CN2CCC(C(=O)NC(C)C)CC2)C1=O. The molecule has 2 saturated heterocycles. The van der Waals surface area contributed by atoms with Crippen LogP contribution in [0.15, 0.2) is 0 Å². The number of imide groups is 1. The Kier molecular flexibility index (Phi) is 6.22. The fraction of sp³-hybridized carbons (Fsp3) is 0.765. The largest absolute Gasteiger partial charge is 0.354 e. The molecule has 0 aromatic heterocycles. The highest BCUT2D eigenvalue weighted by Gasteiger charge is 2.47. The molecule has 2 fully saturated rings. The summed E-state index contributed by atoms with van der Waals surface area (Å²) in [7, 11) is 0. The number of amides is 5. The van der Waals surface area contributed by atoms with E-state index >= 15 is 0 Å². The lowest BCUT2D eigenvalue weighted by atomic mass is 9.95. The minimum absolute atomic E-state index is 0.0343. The number of hydrogen-bond acceptors (Lipinski definition) is 5. The maximum Gasteiger partial charge on any atom is 0.344 e. The molecule has 1 unspecified atom stereocenters. The van der Waals surface area contributed by atoms with Gasteiger partial charge in [-0.1, -0.05) is 6.92 Å². The quantitative estimate of drug-likeness (QED) is 0.571. The Labute approximate surface area is 153 Å². The van der Waals surface area contributed by atoms with Crippen LogP contribution >= 0.6 is 0 Å². The van der Waals surface area contributed by atoms with Gasteiger partial charge in [0.05, 0.1) is 6.54 Å². The van der Waals surface area contributed by atoms with Crippen molar-refractivity contribution in [3.8, 4) is 0 Å². The Morgan fingerprint density at radius 3 is 2.38 bits per heavy atom. The first-order chi connectivity index (χ1) is 12.2. The number of hydrogen-bond donors (Lipinski definition) is 3. The van der Waals surface area contributed by atoms with Gasteiger partial charge in [-0.3, -0.25) is 24.7 Å². The van der Waals surface area contributed by atoms with E-state index in [0.717, 1.165) is 5.01 Å². The van der Waals surface area contributed by atoms with Crippen LogP contribution in [-0.4, -0.2) is 64.9 Å². The van der Waals surface area contributed by atoms with Gasteiger partial charge < -0.3 is 10.6 Å². The average Bonchev–Trinajstić information content (AvgIpc) is 2.78. The minimum atomic E-state index is -0.980. The molecule has 0 aliphatic carbocycles. The fourth-order valence-corrected chi connectivity index (χ4v) is 3.14. The summed E-state index contributed by atoms with van der Waals surface area (Å²) in [5.74, 6) is -0.850.